The minimum Gasteiger partial charge on any atom is -0.379 e. The van der Waals surface area contributed by atoms with E-state index in [4.69, 9.17) is 0 Å². The van der Waals surface area contributed by atoms with Crippen LogP contribution < -0.4 is 0 Å². The van der Waals surface area contributed by atoms with Crippen LogP contribution in [0.15, 0.2) is 42.5 Å². The number of rotatable bonds is 1. The van der Waals surface area contributed by atoms with Crippen LogP contribution in [-0.2, 0) is 0 Å². The molecule has 2 rings (SSSR count). The lowest BCUT2D eigenvalue weighted by molar-refractivity contribution is -0.206. The normalized spacial score (nSPS) is 14.0. The molecule has 1 N–H and O–H groups in total. The molecule has 0 spiro atoms. The number of halogens is 3. The van der Waals surface area contributed by atoms with Crippen LogP contribution in [0.1, 0.15) is 11.7 Å². The first-order valence-corrected chi connectivity index (χ1v) is 4.72. The van der Waals surface area contributed by atoms with Crippen molar-refractivity contribution in [3.8, 4) is 11.1 Å². The Kier molecular flexibility index (Phi) is 2.59. The molecule has 0 aliphatic heterocycles. The number of aliphatic hydroxyl groups is 1. The van der Waals surface area contributed by atoms with Gasteiger partial charge in [0, 0.05) is 0 Å². The van der Waals surface area contributed by atoms with Crippen LogP contribution in [-0.4, -0.2) is 11.3 Å². The predicted octanol–water partition coefficient (Wildman–Crippen LogP) is 3.39. The first-order valence-electron chi connectivity index (χ1n) is 4.72. The van der Waals surface area contributed by atoms with Gasteiger partial charge in [-0.25, -0.2) is 0 Å². The average molecular weight is 226 g/mol. The van der Waals surface area contributed by atoms with Crippen LogP contribution in [0, 0.1) is 0 Å². The van der Waals surface area contributed by atoms with E-state index in [0.717, 1.165) is 0 Å². The molecule has 84 valence electrons. The monoisotopic (exact) mass is 226 g/mol. The number of aliphatic hydroxyl groups excluding tert-OH is 1. The third kappa shape index (κ3) is 1.88. The molecule has 0 unspecified atom stereocenters. The second kappa shape index (κ2) is 3.79. The van der Waals surface area contributed by atoms with Gasteiger partial charge in [0.2, 0.25) is 0 Å². The van der Waals surface area contributed by atoms with Crippen LogP contribution in [0.5, 0.6) is 0 Å². The summed E-state index contributed by atoms with van der Waals surface area (Å²) in [5, 5.41) is 9.20. The number of hydrogen-bond donors (Lipinski definition) is 1. The zero-order valence-corrected chi connectivity index (χ0v) is 8.20. The van der Waals surface area contributed by atoms with Crippen LogP contribution in [0.3, 0.4) is 0 Å². The Labute approximate surface area is 90.5 Å². The van der Waals surface area contributed by atoms with Gasteiger partial charge < -0.3 is 5.11 Å². The lowest BCUT2D eigenvalue weighted by Crippen LogP contribution is -2.20. The van der Waals surface area contributed by atoms with E-state index in [1.165, 1.54) is 6.07 Å². The van der Waals surface area contributed by atoms with Gasteiger partial charge in [-0.15, -0.1) is 0 Å². The zero-order chi connectivity index (χ0) is 11.8. The Morgan fingerprint density at radius 3 is 2.31 bits per heavy atom. The standard InChI is InChI=1S/C12H9F3O/c13-12(14,15)11(16)10-7-6-8-4-2-1-3-5-9(8)10/h1-7,11,16H/t11-/m1/s1. The van der Waals surface area contributed by atoms with E-state index in [1.807, 2.05) is 0 Å². The summed E-state index contributed by atoms with van der Waals surface area (Å²) in [6, 6.07) is 11.3. The van der Waals surface area contributed by atoms with Gasteiger partial charge in [0.05, 0.1) is 0 Å². The van der Waals surface area contributed by atoms with Crippen molar-refractivity contribution in [1.29, 1.82) is 0 Å². The number of fused-ring (bicyclic) bond motifs is 1. The maximum atomic E-state index is 12.4. The molecule has 2 aliphatic carbocycles. The van der Waals surface area contributed by atoms with Crippen molar-refractivity contribution < 1.29 is 18.3 Å². The lowest BCUT2D eigenvalue weighted by atomic mass is 10.1. The Bertz CT molecular complexity index is 464. The van der Waals surface area contributed by atoms with Crippen molar-refractivity contribution in [2.75, 3.05) is 0 Å². The lowest BCUT2D eigenvalue weighted by Gasteiger charge is -2.14. The van der Waals surface area contributed by atoms with Gasteiger partial charge >= 0.3 is 6.18 Å². The Morgan fingerprint density at radius 1 is 0.938 bits per heavy atom. The second-order valence-corrected chi connectivity index (χ2v) is 3.51. The molecule has 2 aliphatic rings. The largest absolute Gasteiger partial charge is 0.418 e. The summed E-state index contributed by atoms with van der Waals surface area (Å²) in [5.74, 6) is 0. The van der Waals surface area contributed by atoms with E-state index in [2.05, 4.69) is 0 Å². The van der Waals surface area contributed by atoms with Crippen molar-refractivity contribution >= 4 is 0 Å². The van der Waals surface area contributed by atoms with Crippen LogP contribution in [0.2, 0.25) is 0 Å². The fourth-order valence-electron chi connectivity index (χ4n) is 1.65. The van der Waals surface area contributed by atoms with Crippen LogP contribution in [0.4, 0.5) is 13.2 Å². The van der Waals surface area contributed by atoms with E-state index >= 15 is 0 Å². The van der Waals surface area contributed by atoms with Crippen molar-refractivity contribution in [3.63, 3.8) is 0 Å². The molecule has 0 aromatic carbocycles. The molecular formula is C12H9F3O. The fraction of sp³-hybridized carbons (Fsp3) is 0.167. The average Bonchev–Trinajstić information content (AvgIpc) is 2.44. The quantitative estimate of drug-likeness (QED) is 0.790. The molecule has 0 fully saturated rings. The summed E-state index contributed by atoms with van der Waals surface area (Å²) in [6.45, 7) is 0. The molecule has 0 bridgehead atoms. The maximum Gasteiger partial charge on any atom is 0.418 e. The highest BCUT2D eigenvalue weighted by molar-refractivity contribution is 5.70. The first kappa shape index (κ1) is 11.0. The van der Waals surface area contributed by atoms with Gasteiger partial charge in [0.15, 0.2) is 6.10 Å². The molecule has 0 saturated carbocycles. The van der Waals surface area contributed by atoms with Gasteiger partial charge in [-0.05, 0) is 16.7 Å². The van der Waals surface area contributed by atoms with E-state index in [1.54, 1.807) is 36.4 Å². The van der Waals surface area contributed by atoms with E-state index < -0.39 is 12.3 Å². The highest BCUT2D eigenvalue weighted by Crippen LogP contribution is 2.39. The molecule has 0 amide bonds. The zero-order valence-electron chi connectivity index (χ0n) is 8.20. The van der Waals surface area contributed by atoms with Gasteiger partial charge in [-0.1, -0.05) is 42.5 Å². The van der Waals surface area contributed by atoms with Crippen molar-refractivity contribution in [1.82, 2.24) is 0 Å². The third-order valence-electron chi connectivity index (χ3n) is 2.43. The predicted molar refractivity (Wildman–Crippen MR) is 54.1 cm³/mol. The summed E-state index contributed by atoms with van der Waals surface area (Å²) in [6.07, 6.45) is -7.05. The molecule has 0 saturated heterocycles. The fourth-order valence-corrected chi connectivity index (χ4v) is 1.65. The number of hydrogen-bond acceptors (Lipinski definition) is 1. The summed E-state index contributed by atoms with van der Waals surface area (Å²) < 4.78 is 37.2. The SMILES string of the molecule is O[C@H](c1ccc2cccccc1-2)C(F)(F)F. The van der Waals surface area contributed by atoms with Crippen molar-refractivity contribution in [2.45, 2.75) is 12.3 Å². The van der Waals surface area contributed by atoms with Crippen LogP contribution in [0.25, 0.3) is 11.1 Å². The summed E-state index contributed by atoms with van der Waals surface area (Å²) in [5.41, 5.74) is 1.01. The van der Waals surface area contributed by atoms with Gasteiger partial charge in [-0.2, -0.15) is 13.2 Å². The van der Waals surface area contributed by atoms with Crippen LogP contribution >= 0.6 is 0 Å². The third-order valence-corrected chi connectivity index (χ3v) is 2.43. The highest BCUT2D eigenvalue weighted by Gasteiger charge is 2.40. The second-order valence-electron chi connectivity index (χ2n) is 3.51. The van der Waals surface area contributed by atoms with Gasteiger partial charge in [-0.3, -0.25) is 0 Å². The first-order chi connectivity index (χ1) is 7.50. The van der Waals surface area contributed by atoms with E-state index in [0.29, 0.717) is 11.1 Å². The minimum absolute atomic E-state index is 0.0984. The Balaban J connectivity index is 2.50. The van der Waals surface area contributed by atoms with Crippen molar-refractivity contribution in [2.24, 2.45) is 0 Å². The summed E-state index contributed by atoms with van der Waals surface area (Å²) in [4.78, 5) is 0. The molecule has 0 heterocycles. The molecule has 1 nitrogen and oxygen atoms in total. The topological polar surface area (TPSA) is 20.2 Å². The van der Waals surface area contributed by atoms with Crippen molar-refractivity contribution in [3.05, 3.63) is 48.0 Å². The van der Waals surface area contributed by atoms with E-state index in [9.17, 15) is 18.3 Å². The summed E-state index contributed by atoms with van der Waals surface area (Å²) >= 11 is 0. The van der Waals surface area contributed by atoms with E-state index in [-0.39, 0.29) is 5.56 Å². The smallest absolute Gasteiger partial charge is 0.379 e. The van der Waals surface area contributed by atoms with Gasteiger partial charge in [0.1, 0.15) is 0 Å². The summed E-state index contributed by atoms with van der Waals surface area (Å²) in [7, 11) is 0. The Hall–Kier alpha value is -1.55. The molecule has 0 radical (unpaired) electrons. The highest BCUT2D eigenvalue weighted by atomic mass is 19.4. The molecule has 0 aromatic rings. The number of alkyl halides is 3. The minimum atomic E-state index is -4.63. The Morgan fingerprint density at radius 2 is 1.62 bits per heavy atom. The van der Waals surface area contributed by atoms with Gasteiger partial charge in [0.25, 0.3) is 0 Å². The molecular weight excluding hydrogens is 217 g/mol. The molecule has 4 heteroatoms. The molecule has 0 aromatic heterocycles. The molecule has 16 heavy (non-hydrogen) atoms. The molecule has 1 atom stereocenters. The maximum absolute atomic E-state index is 12.4.